The van der Waals surface area contributed by atoms with Crippen LogP contribution in [0.25, 0.3) is 0 Å². The van der Waals surface area contributed by atoms with Crippen molar-refractivity contribution in [3.63, 3.8) is 0 Å². The number of ether oxygens (including phenoxy) is 3. The molecule has 0 aliphatic heterocycles. The zero-order valence-corrected chi connectivity index (χ0v) is 47.6. The van der Waals surface area contributed by atoms with Crippen LogP contribution in [0.2, 0.25) is 0 Å². The number of aliphatic hydroxyl groups is 1. The molecule has 11 nitrogen and oxygen atoms in total. The molecule has 0 aromatic carbocycles. The molecule has 0 bridgehead atoms. The van der Waals surface area contributed by atoms with Gasteiger partial charge in [-0.05, 0) is 70.6 Å². The van der Waals surface area contributed by atoms with E-state index in [1.54, 1.807) is 0 Å². The molecule has 72 heavy (non-hydrogen) atoms. The molecular weight excluding hydrogens is 928 g/mol. The smallest absolute Gasteiger partial charge is 0.462 e. The number of aliphatic hydroxyl groups excluding tert-OH is 1. The normalized spacial score (nSPS) is 13.6. The molecule has 0 amide bonds. The molecule has 0 aromatic heterocycles. The van der Waals surface area contributed by atoms with Crippen LogP contribution < -0.4 is 0 Å². The van der Waals surface area contributed by atoms with E-state index >= 15 is 0 Å². The molecule has 3 atom stereocenters. The Morgan fingerprint density at radius 3 is 1.10 bits per heavy atom. The zero-order chi connectivity index (χ0) is 52.7. The van der Waals surface area contributed by atoms with Crippen molar-refractivity contribution in [1.82, 2.24) is 0 Å². The number of carbonyl (C=O) groups excluding carboxylic acids is 3. The highest BCUT2D eigenvalue weighted by Crippen LogP contribution is 2.43. The summed E-state index contributed by atoms with van der Waals surface area (Å²) in [6.45, 7) is 4.60. The lowest BCUT2D eigenvalue weighted by atomic mass is 10.0. The van der Waals surface area contributed by atoms with Crippen molar-refractivity contribution >= 4 is 25.7 Å². The van der Waals surface area contributed by atoms with Gasteiger partial charge in [0.25, 0.3) is 0 Å². The largest absolute Gasteiger partial charge is 0.472 e. The van der Waals surface area contributed by atoms with E-state index in [4.69, 9.17) is 23.3 Å². The van der Waals surface area contributed by atoms with E-state index in [0.717, 1.165) is 89.9 Å². The molecule has 0 radical (unpaired) electrons. The number of allylic oxidation sites excluding steroid dienone is 6. The van der Waals surface area contributed by atoms with Gasteiger partial charge in [-0.15, -0.1) is 0 Å². The van der Waals surface area contributed by atoms with Gasteiger partial charge in [-0.2, -0.15) is 0 Å². The van der Waals surface area contributed by atoms with Crippen molar-refractivity contribution in [2.24, 2.45) is 0 Å². The summed E-state index contributed by atoms with van der Waals surface area (Å²) in [6.07, 6.45) is 56.7. The Labute approximate surface area is 441 Å². The fourth-order valence-electron chi connectivity index (χ4n) is 8.45. The third-order valence-electron chi connectivity index (χ3n) is 13.0. The van der Waals surface area contributed by atoms with Crippen LogP contribution in [0, 0.1) is 0 Å². The van der Waals surface area contributed by atoms with Crippen molar-refractivity contribution in [2.45, 2.75) is 303 Å². The summed E-state index contributed by atoms with van der Waals surface area (Å²) in [4.78, 5) is 48.6. The highest BCUT2D eigenvalue weighted by atomic mass is 31.2. The van der Waals surface area contributed by atoms with Crippen molar-refractivity contribution in [3.05, 3.63) is 36.5 Å². The molecule has 0 saturated carbocycles. The maximum atomic E-state index is 12.9. The molecule has 0 saturated heterocycles. The quantitative estimate of drug-likeness (QED) is 0.0197. The first-order valence-electron chi connectivity index (χ1n) is 29.9. The zero-order valence-electron chi connectivity index (χ0n) is 46.7. The fourth-order valence-corrected chi connectivity index (χ4v) is 9.23. The molecule has 0 rings (SSSR count). The monoisotopic (exact) mass is 1040 g/mol. The second-order valence-corrected chi connectivity index (χ2v) is 21.6. The lowest BCUT2D eigenvalue weighted by Gasteiger charge is -2.21. The minimum atomic E-state index is -4.75. The second kappa shape index (κ2) is 54.9. The first-order chi connectivity index (χ1) is 35.2. The average Bonchev–Trinajstić information content (AvgIpc) is 3.37. The topological polar surface area (TPSA) is 155 Å². The van der Waals surface area contributed by atoms with Gasteiger partial charge in [0, 0.05) is 19.3 Å². The van der Waals surface area contributed by atoms with E-state index in [1.807, 2.05) is 0 Å². The Bertz CT molecular complexity index is 1350. The van der Waals surface area contributed by atoms with Crippen LogP contribution in [-0.4, -0.2) is 66.5 Å². The van der Waals surface area contributed by atoms with Crippen LogP contribution in [0.3, 0.4) is 0 Å². The number of hydrogen-bond donors (Lipinski definition) is 2. The molecule has 0 fully saturated rings. The maximum absolute atomic E-state index is 12.9. The SMILES string of the molecule is CCC/C=C\C/C=C\CCCCCCCC(=O)OC(CO)COP(=O)(O)OCC(COC(=O)CCCCCCCCC/C=C\CCCCCCCC)OC(=O)CCCCCCCCCCCCCCCCC. The molecule has 0 aliphatic carbocycles. The number of carbonyl (C=O) groups is 3. The van der Waals surface area contributed by atoms with Crippen LogP contribution >= 0.6 is 7.82 Å². The predicted octanol–water partition coefficient (Wildman–Crippen LogP) is 17.6. The number of phosphoric acid groups is 1. The number of esters is 3. The van der Waals surface area contributed by atoms with Gasteiger partial charge in [-0.1, -0.05) is 237 Å². The third kappa shape index (κ3) is 52.6. The molecule has 0 spiro atoms. The van der Waals surface area contributed by atoms with E-state index in [2.05, 4.69) is 57.2 Å². The van der Waals surface area contributed by atoms with Crippen molar-refractivity contribution < 1.29 is 52.2 Å². The summed E-state index contributed by atoms with van der Waals surface area (Å²) in [7, 11) is -4.75. The number of phosphoric ester groups is 1. The predicted molar refractivity (Wildman–Crippen MR) is 298 cm³/mol. The number of unbranched alkanes of at least 4 members (excludes halogenated alkanes) is 33. The molecule has 0 aromatic rings. The van der Waals surface area contributed by atoms with Crippen molar-refractivity contribution in [3.8, 4) is 0 Å². The summed E-state index contributed by atoms with van der Waals surface area (Å²) in [5, 5.41) is 9.81. The molecule has 422 valence electrons. The van der Waals surface area contributed by atoms with Crippen LogP contribution in [-0.2, 0) is 42.2 Å². The van der Waals surface area contributed by atoms with Gasteiger partial charge in [0.2, 0.25) is 0 Å². The van der Waals surface area contributed by atoms with E-state index in [0.29, 0.717) is 19.3 Å². The van der Waals surface area contributed by atoms with Gasteiger partial charge in [0.15, 0.2) is 6.10 Å². The van der Waals surface area contributed by atoms with Gasteiger partial charge >= 0.3 is 25.7 Å². The molecule has 2 N–H and O–H groups in total. The van der Waals surface area contributed by atoms with Gasteiger partial charge in [-0.25, -0.2) is 4.57 Å². The summed E-state index contributed by atoms with van der Waals surface area (Å²) in [5.74, 6) is -1.46. The minimum absolute atomic E-state index is 0.163. The Kier molecular flexibility index (Phi) is 53.2. The molecular formula is C60H111O11P. The standard InChI is InChI=1S/C60H111O11P/c1-4-7-10-13-16-19-22-25-27-28-30-32-34-37-40-43-46-49-58(62)67-53-57(71-60(64)51-48-45-42-39-36-33-29-26-23-20-17-14-11-8-5-2)55-69-72(65,66)68-54-56(52-61)70-59(63)50-47-44-41-38-35-31-24-21-18-15-12-9-6-3/h12,15,21,24-25,27,56-57,61H,4-11,13-14,16-20,22-23,26,28-55H2,1-3H3,(H,65,66)/b15-12-,24-21-,27-25-. The Morgan fingerprint density at radius 2 is 0.708 bits per heavy atom. The molecule has 0 aliphatic rings. The van der Waals surface area contributed by atoms with E-state index < -0.39 is 57.8 Å². The van der Waals surface area contributed by atoms with Gasteiger partial charge < -0.3 is 24.2 Å². The molecule has 0 heterocycles. The van der Waals surface area contributed by atoms with Crippen LogP contribution in [0.5, 0.6) is 0 Å². The highest BCUT2D eigenvalue weighted by molar-refractivity contribution is 7.47. The first kappa shape index (κ1) is 69.7. The van der Waals surface area contributed by atoms with Crippen LogP contribution in [0.4, 0.5) is 0 Å². The number of hydrogen-bond acceptors (Lipinski definition) is 10. The lowest BCUT2D eigenvalue weighted by molar-refractivity contribution is -0.161. The van der Waals surface area contributed by atoms with E-state index in [-0.39, 0.29) is 25.9 Å². The van der Waals surface area contributed by atoms with Crippen LogP contribution in [0.1, 0.15) is 290 Å². The van der Waals surface area contributed by atoms with E-state index in [1.165, 1.54) is 141 Å². The summed E-state index contributed by atoms with van der Waals surface area (Å²) in [5.41, 5.74) is 0. The van der Waals surface area contributed by atoms with E-state index in [9.17, 15) is 28.9 Å². The first-order valence-corrected chi connectivity index (χ1v) is 31.4. The third-order valence-corrected chi connectivity index (χ3v) is 14.0. The summed E-state index contributed by atoms with van der Waals surface area (Å²) in [6, 6.07) is 0. The lowest BCUT2D eigenvalue weighted by Crippen LogP contribution is -2.30. The summed E-state index contributed by atoms with van der Waals surface area (Å²) < 4.78 is 39.5. The van der Waals surface area contributed by atoms with Crippen molar-refractivity contribution in [1.29, 1.82) is 0 Å². The molecule has 3 unspecified atom stereocenters. The Hall–Kier alpha value is -2.30. The second-order valence-electron chi connectivity index (χ2n) is 20.2. The fraction of sp³-hybridized carbons (Fsp3) is 0.850. The van der Waals surface area contributed by atoms with Gasteiger partial charge in [0.1, 0.15) is 12.7 Å². The van der Waals surface area contributed by atoms with Gasteiger partial charge in [-0.3, -0.25) is 23.4 Å². The minimum Gasteiger partial charge on any atom is -0.462 e. The Balaban J connectivity index is 4.70. The average molecular weight is 1040 g/mol. The van der Waals surface area contributed by atoms with Gasteiger partial charge in [0.05, 0.1) is 19.8 Å². The summed E-state index contributed by atoms with van der Waals surface area (Å²) >= 11 is 0. The highest BCUT2D eigenvalue weighted by Gasteiger charge is 2.28. The van der Waals surface area contributed by atoms with Crippen LogP contribution in [0.15, 0.2) is 36.5 Å². The maximum Gasteiger partial charge on any atom is 0.472 e. The molecule has 12 heteroatoms. The number of rotatable bonds is 56. The van der Waals surface area contributed by atoms with Crippen molar-refractivity contribution in [2.75, 3.05) is 26.4 Å². The Morgan fingerprint density at radius 1 is 0.389 bits per heavy atom.